The Morgan fingerprint density at radius 2 is 0.556 bits per heavy atom. The van der Waals surface area contributed by atoms with Crippen LogP contribution in [0.25, 0.3) is 106 Å². The summed E-state index contributed by atoms with van der Waals surface area (Å²) >= 11 is 0. The summed E-state index contributed by atoms with van der Waals surface area (Å²) in [5.74, 6) is 0. The third-order valence-electron chi connectivity index (χ3n) is 13.5. The highest BCUT2D eigenvalue weighted by Crippen LogP contribution is 2.36. The van der Waals surface area contributed by atoms with Gasteiger partial charge in [0.2, 0.25) is 0 Å². The molecule has 0 aliphatic heterocycles. The zero-order valence-corrected chi connectivity index (χ0v) is 41.0. The van der Waals surface area contributed by atoms with Crippen LogP contribution < -0.4 is 0 Å². The summed E-state index contributed by atoms with van der Waals surface area (Å²) < 4.78 is 0. The van der Waals surface area contributed by atoms with Gasteiger partial charge < -0.3 is 0 Å². The number of rotatable bonds is 11. The smallest absolute Gasteiger partial charge is 0.194 e. The summed E-state index contributed by atoms with van der Waals surface area (Å²) in [7, 11) is 0. The molecule has 0 bridgehead atoms. The molecule has 0 saturated heterocycles. The fraction of sp³-hybridized carbons (Fsp3) is 0.0571. The maximum Gasteiger partial charge on any atom is 0.194 e. The molecule has 10 aromatic rings. The molecule has 0 aliphatic rings. The van der Waals surface area contributed by atoms with E-state index in [1.165, 1.54) is 55.6 Å². The topological polar surface area (TPSA) is 28.1 Å². The van der Waals surface area contributed by atoms with E-state index >= 15 is 0 Å². The summed E-state index contributed by atoms with van der Waals surface area (Å²) in [6, 6.07) is 84.0. The quantitative estimate of drug-likeness (QED) is 0.0722. The Hall–Kier alpha value is -9.34. The minimum Gasteiger partial charge on any atom is -0.238 e. The van der Waals surface area contributed by atoms with Crippen LogP contribution in [0.1, 0.15) is 44.5 Å². The Morgan fingerprint density at radius 1 is 0.319 bits per heavy atom. The minimum atomic E-state index is 0.585. The van der Waals surface area contributed by atoms with Gasteiger partial charge in [-0.3, -0.25) is 0 Å². The van der Waals surface area contributed by atoms with Gasteiger partial charge in [-0.15, -0.1) is 0 Å². The first kappa shape index (κ1) is 46.4. The molecule has 342 valence electrons. The van der Waals surface area contributed by atoms with Gasteiger partial charge >= 0.3 is 0 Å². The first-order valence-electron chi connectivity index (χ1n) is 24.4. The third-order valence-corrected chi connectivity index (χ3v) is 13.5. The van der Waals surface area contributed by atoms with Crippen molar-refractivity contribution in [1.82, 2.24) is 0 Å². The molecule has 2 nitrogen and oxygen atoms in total. The van der Waals surface area contributed by atoms with E-state index in [-0.39, 0.29) is 0 Å². The molecule has 0 fully saturated rings. The Bertz CT molecular complexity index is 3310. The van der Waals surface area contributed by atoms with E-state index in [1.54, 1.807) is 0 Å². The Morgan fingerprint density at radius 3 is 0.833 bits per heavy atom. The summed E-state index contributed by atoms with van der Waals surface area (Å²) in [6.07, 6.45) is 3.90. The number of allylic oxidation sites excluding steroid dienone is 1. The predicted molar refractivity (Wildman–Crippen MR) is 304 cm³/mol. The van der Waals surface area contributed by atoms with Crippen molar-refractivity contribution in [2.45, 2.75) is 27.7 Å². The van der Waals surface area contributed by atoms with E-state index in [4.69, 9.17) is 6.57 Å². The molecular weight excluding hydrogens is 869 g/mol. The van der Waals surface area contributed by atoms with Crippen LogP contribution >= 0.6 is 0 Å². The molecule has 0 saturated carbocycles. The number of nitrogens with zero attached hydrogens (tertiary/aromatic N) is 2. The standard InChI is InChI=1S/C70H52N2/c1-47-6-18-55(19-7-47)63-40-64(56-20-8-48(2)9-21-56)43-67(42-63)59-30-32-61(33-31-59)69(46-71)38-51-14-26-53(27-15-51)54-28-16-52(17-29-54)39-70(72-5)62-36-34-60(35-37-62)68-44-65(57-22-10-49(3)11-23-57)41-66(45-68)58-24-12-50(4)13-25-58/h6-45H,1-4H3/b69-38+,70-39-. The second-order valence-corrected chi connectivity index (χ2v) is 18.8. The lowest BCUT2D eigenvalue weighted by molar-refractivity contribution is 1.46. The van der Waals surface area contributed by atoms with E-state index in [0.29, 0.717) is 11.3 Å². The number of hydrogen-bond acceptors (Lipinski definition) is 1. The van der Waals surface area contributed by atoms with Gasteiger partial charge in [0.05, 0.1) is 18.2 Å². The largest absolute Gasteiger partial charge is 0.238 e. The van der Waals surface area contributed by atoms with Crippen molar-refractivity contribution >= 4 is 23.4 Å². The highest BCUT2D eigenvalue weighted by molar-refractivity contribution is 5.91. The van der Waals surface area contributed by atoms with Crippen LogP contribution in [0.4, 0.5) is 0 Å². The van der Waals surface area contributed by atoms with Crippen molar-refractivity contribution in [3.63, 3.8) is 0 Å². The third kappa shape index (κ3) is 10.6. The van der Waals surface area contributed by atoms with Crippen LogP contribution in [-0.4, -0.2) is 0 Å². The summed E-state index contributed by atoms with van der Waals surface area (Å²) in [6.45, 7) is 16.6. The molecule has 0 aromatic heterocycles. The van der Waals surface area contributed by atoms with Gasteiger partial charge in [-0.25, -0.2) is 4.85 Å². The molecule has 0 unspecified atom stereocenters. The first-order chi connectivity index (χ1) is 35.1. The summed E-state index contributed by atoms with van der Waals surface area (Å²) in [5.41, 5.74) is 25.7. The van der Waals surface area contributed by atoms with Gasteiger partial charge in [-0.05, 0) is 176 Å². The van der Waals surface area contributed by atoms with Crippen molar-refractivity contribution in [3.8, 4) is 84.0 Å². The molecular formula is C70H52N2. The molecule has 0 heterocycles. The van der Waals surface area contributed by atoms with Crippen LogP contribution in [0.3, 0.4) is 0 Å². The fourth-order valence-electron chi connectivity index (χ4n) is 9.14. The zero-order chi connectivity index (χ0) is 49.6. The number of aryl methyl sites for hydroxylation is 4. The SMILES string of the molecule is [C-]#[N+]/C(=C\c1ccc(-c2ccc(/C=C(\C#N)c3ccc(-c4cc(-c5ccc(C)cc5)cc(-c5ccc(C)cc5)c4)cc3)cc2)cc1)c1ccc(-c2cc(-c3ccc(C)cc3)cc(-c3ccc(C)cc3)c2)cc1. The predicted octanol–water partition coefficient (Wildman–Crippen LogP) is 19.1. The first-order valence-corrected chi connectivity index (χ1v) is 24.4. The molecule has 0 spiro atoms. The van der Waals surface area contributed by atoms with Crippen LogP contribution in [-0.2, 0) is 0 Å². The van der Waals surface area contributed by atoms with E-state index in [2.05, 4.69) is 257 Å². The molecule has 2 heteroatoms. The molecule has 0 aliphatic carbocycles. The van der Waals surface area contributed by atoms with Gasteiger partial charge in [0.15, 0.2) is 5.70 Å². The molecule has 10 rings (SSSR count). The highest BCUT2D eigenvalue weighted by Gasteiger charge is 2.12. The molecule has 0 radical (unpaired) electrons. The fourth-order valence-corrected chi connectivity index (χ4v) is 9.14. The average molecular weight is 921 g/mol. The van der Waals surface area contributed by atoms with Gasteiger partial charge in [0.1, 0.15) is 0 Å². The average Bonchev–Trinajstić information content (AvgIpc) is 3.43. The lowest BCUT2D eigenvalue weighted by atomic mass is 9.92. The van der Waals surface area contributed by atoms with Crippen LogP contribution in [0.5, 0.6) is 0 Å². The van der Waals surface area contributed by atoms with Crippen molar-refractivity contribution < 1.29 is 0 Å². The monoisotopic (exact) mass is 920 g/mol. The molecule has 0 atom stereocenters. The normalized spacial score (nSPS) is 11.5. The van der Waals surface area contributed by atoms with Crippen molar-refractivity contribution in [3.05, 3.63) is 286 Å². The van der Waals surface area contributed by atoms with E-state index in [0.717, 1.165) is 66.8 Å². The Labute approximate surface area is 424 Å². The number of nitriles is 1. The molecule has 0 amide bonds. The Kier molecular flexibility index (Phi) is 13.3. The lowest BCUT2D eigenvalue weighted by Crippen LogP contribution is -1.88. The van der Waals surface area contributed by atoms with Crippen LogP contribution in [0, 0.1) is 45.6 Å². The van der Waals surface area contributed by atoms with Gasteiger partial charge in [-0.1, -0.05) is 216 Å². The maximum atomic E-state index is 10.3. The van der Waals surface area contributed by atoms with Gasteiger partial charge in [-0.2, -0.15) is 5.26 Å². The molecule has 0 N–H and O–H groups in total. The van der Waals surface area contributed by atoms with Crippen molar-refractivity contribution in [2.75, 3.05) is 0 Å². The summed E-state index contributed by atoms with van der Waals surface area (Å²) in [5, 5.41) is 10.3. The van der Waals surface area contributed by atoms with Crippen LogP contribution in [0.2, 0.25) is 0 Å². The van der Waals surface area contributed by atoms with Gasteiger partial charge in [0.25, 0.3) is 0 Å². The second kappa shape index (κ2) is 20.7. The van der Waals surface area contributed by atoms with E-state index in [1.807, 2.05) is 24.3 Å². The number of hydrogen-bond donors (Lipinski definition) is 0. The summed E-state index contributed by atoms with van der Waals surface area (Å²) in [4.78, 5) is 3.95. The van der Waals surface area contributed by atoms with Crippen molar-refractivity contribution in [1.29, 1.82) is 5.26 Å². The molecule has 10 aromatic carbocycles. The minimum absolute atomic E-state index is 0.585. The maximum absolute atomic E-state index is 10.3. The van der Waals surface area contributed by atoms with Crippen LogP contribution in [0.15, 0.2) is 231 Å². The molecule has 72 heavy (non-hydrogen) atoms. The van der Waals surface area contributed by atoms with Crippen molar-refractivity contribution in [2.24, 2.45) is 0 Å². The van der Waals surface area contributed by atoms with E-state index < -0.39 is 0 Å². The second-order valence-electron chi connectivity index (χ2n) is 18.8. The highest BCUT2D eigenvalue weighted by atomic mass is 14.7. The zero-order valence-electron chi connectivity index (χ0n) is 41.0. The lowest BCUT2D eigenvalue weighted by Gasteiger charge is -2.12. The van der Waals surface area contributed by atoms with E-state index in [9.17, 15) is 5.26 Å². The number of benzene rings is 10. The van der Waals surface area contributed by atoms with Gasteiger partial charge in [0, 0.05) is 0 Å². The Balaban J connectivity index is 0.840.